The summed E-state index contributed by atoms with van der Waals surface area (Å²) in [5, 5.41) is 25.9. The van der Waals surface area contributed by atoms with E-state index in [1.807, 2.05) is 41.5 Å². The molecule has 2 aromatic rings. The summed E-state index contributed by atoms with van der Waals surface area (Å²) in [7, 11) is 0. The first-order chi connectivity index (χ1) is 14.0. The molecular formula is C22H26F3N3O3. The van der Waals surface area contributed by atoms with Crippen molar-refractivity contribution in [1.82, 2.24) is 0 Å². The Labute approximate surface area is 178 Å². The highest BCUT2D eigenvalue weighted by molar-refractivity contribution is 5.82. The van der Waals surface area contributed by atoms with Crippen LogP contribution in [-0.2, 0) is 17.0 Å². The van der Waals surface area contributed by atoms with E-state index in [1.165, 1.54) is 6.21 Å². The van der Waals surface area contributed by atoms with Gasteiger partial charge in [0.15, 0.2) is 0 Å². The summed E-state index contributed by atoms with van der Waals surface area (Å²) in [6.07, 6.45) is -3.28. The molecule has 0 radical (unpaired) electrons. The zero-order valence-electron chi connectivity index (χ0n) is 18.3. The first kappa shape index (κ1) is 24.2. The minimum atomic E-state index is -4.69. The fourth-order valence-electron chi connectivity index (χ4n) is 3.00. The van der Waals surface area contributed by atoms with Gasteiger partial charge in [0, 0.05) is 17.2 Å². The molecule has 6 nitrogen and oxygen atoms in total. The number of nitro benzene ring substituents is 1. The molecule has 0 bridgehead atoms. The Morgan fingerprint density at radius 2 is 1.52 bits per heavy atom. The molecule has 0 heterocycles. The number of halogens is 3. The van der Waals surface area contributed by atoms with Crippen LogP contribution >= 0.6 is 0 Å². The maximum absolute atomic E-state index is 12.8. The minimum Gasteiger partial charge on any atom is -0.507 e. The number of nitro groups is 1. The van der Waals surface area contributed by atoms with Crippen LogP contribution in [-0.4, -0.2) is 16.2 Å². The number of phenolic OH excluding ortho intramolecular Hbond substituents is 1. The quantitative estimate of drug-likeness (QED) is 0.331. The van der Waals surface area contributed by atoms with Crippen molar-refractivity contribution in [3.05, 3.63) is 62.7 Å². The average molecular weight is 437 g/mol. The number of anilines is 1. The lowest BCUT2D eigenvalue weighted by molar-refractivity contribution is -0.384. The summed E-state index contributed by atoms with van der Waals surface area (Å²) < 4.78 is 38.5. The molecule has 0 atom stereocenters. The molecule has 9 heteroatoms. The first-order valence-corrected chi connectivity index (χ1v) is 9.54. The summed E-state index contributed by atoms with van der Waals surface area (Å²) in [6, 6.07) is 5.71. The van der Waals surface area contributed by atoms with Crippen LogP contribution in [0.15, 0.2) is 35.4 Å². The zero-order valence-corrected chi connectivity index (χ0v) is 18.3. The number of hydrogen-bond donors (Lipinski definition) is 2. The third-order valence-electron chi connectivity index (χ3n) is 4.67. The molecule has 2 aromatic carbocycles. The third-order valence-corrected chi connectivity index (χ3v) is 4.67. The van der Waals surface area contributed by atoms with E-state index in [-0.39, 0.29) is 22.3 Å². The molecule has 0 fully saturated rings. The molecule has 0 spiro atoms. The van der Waals surface area contributed by atoms with Crippen molar-refractivity contribution in [2.24, 2.45) is 5.10 Å². The predicted molar refractivity (Wildman–Crippen MR) is 115 cm³/mol. The Balaban J connectivity index is 2.44. The standard InChI is InChI=1S/C22H26F3N3O3/c1-20(2,3)15-9-13(10-16(19(15)29)21(4,5)6)12-26-27-17-8-7-14(22(23,24)25)11-18(17)28(30)31/h7-12,27,29H,1-6H3/b26-12-. The fraction of sp³-hybridized carbons (Fsp3) is 0.409. The highest BCUT2D eigenvalue weighted by Crippen LogP contribution is 2.39. The SMILES string of the molecule is CC(C)(C)c1cc(/C=N\Nc2ccc(C(F)(F)F)cc2[N+](=O)[O-])cc(C(C)(C)C)c1O. The van der Waals surface area contributed by atoms with Gasteiger partial charge in [-0.05, 0) is 40.7 Å². The maximum atomic E-state index is 12.8. The second-order valence-corrected chi connectivity index (χ2v) is 9.32. The Morgan fingerprint density at radius 3 is 1.94 bits per heavy atom. The van der Waals surface area contributed by atoms with Crippen molar-refractivity contribution in [3.8, 4) is 5.75 Å². The molecule has 0 aromatic heterocycles. The number of nitrogens with one attached hydrogen (secondary N) is 1. The highest BCUT2D eigenvalue weighted by atomic mass is 19.4. The number of hydrazone groups is 1. The van der Waals surface area contributed by atoms with E-state index in [2.05, 4.69) is 10.5 Å². The lowest BCUT2D eigenvalue weighted by Crippen LogP contribution is -2.18. The van der Waals surface area contributed by atoms with Gasteiger partial charge in [-0.3, -0.25) is 15.5 Å². The van der Waals surface area contributed by atoms with Gasteiger partial charge in [0.05, 0.1) is 16.7 Å². The van der Waals surface area contributed by atoms with Gasteiger partial charge in [0.25, 0.3) is 5.69 Å². The Morgan fingerprint density at radius 1 is 1.00 bits per heavy atom. The number of phenols is 1. The molecule has 31 heavy (non-hydrogen) atoms. The van der Waals surface area contributed by atoms with Gasteiger partial charge in [-0.15, -0.1) is 0 Å². The van der Waals surface area contributed by atoms with Crippen LogP contribution < -0.4 is 5.43 Å². The lowest BCUT2D eigenvalue weighted by atomic mass is 9.78. The fourth-order valence-corrected chi connectivity index (χ4v) is 3.00. The minimum absolute atomic E-state index is 0.167. The van der Waals surface area contributed by atoms with Gasteiger partial charge in [-0.1, -0.05) is 41.5 Å². The second kappa shape index (κ2) is 8.20. The van der Waals surface area contributed by atoms with Crippen LogP contribution in [0.5, 0.6) is 5.75 Å². The van der Waals surface area contributed by atoms with Gasteiger partial charge in [0.2, 0.25) is 0 Å². The van der Waals surface area contributed by atoms with Gasteiger partial charge < -0.3 is 5.11 Å². The highest BCUT2D eigenvalue weighted by Gasteiger charge is 2.33. The number of nitrogens with zero attached hydrogens (tertiary/aromatic N) is 2. The molecule has 0 saturated heterocycles. The molecule has 168 valence electrons. The second-order valence-electron chi connectivity index (χ2n) is 9.32. The van der Waals surface area contributed by atoms with Crippen LogP contribution in [0.4, 0.5) is 24.5 Å². The van der Waals surface area contributed by atoms with E-state index in [1.54, 1.807) is 12.1 Å². The molecule has 0 unspecified atom stereocenters. The van der Waals surface area contributed by atoms with Gasteiger partial charge >= 0.3 is 6.18 Å². The monoisotopic (exact) mass is 437 g/mol. The largest absolute Gasteiger partial charge is 0.507 e. The van der Waals surface area contributed by atoms with E-state index in [0.29, 0.717) is 22.8 Å². The number of rotatable bonds is 4. The predicted octanol–water partition coefficient (Wildman–Crippen LogP) is 6.36. The smallest absolute Gasteiger partial charge is 0.416 e. The molecule has 2 rings (SSSR count). The number of benzene rings is 2. The van der Waals surface area contributed by atoms with E-state index in [9.17, 15) is 28.4 Å². The van der Waals surface area contributed by atoms with Crippen molar-refractivity contribution in [2.75, 3.05) is 5.43 Å². The Bertz CT molecular complexity index is 982. The van der Waals surface area contributed by atoms with Crippen LogP contribution in [0.1, 0.15) is 63.8 Å². The Kier molecular flexibility index (Phi) is 6.40. The van der Waals surface area contributed by atoms with Crippen molar-refractivity contribution in [2.45, 2.75) is 58.5 Å². The molecule has 0 aliphatic heterocycles. The maximum Gasteiger partial charge on any atom is 0.416 e. The molecule has 0 aliphatic carbocycles. The van der Waals surface area contributed by atoms with Gasteiger partial charge in [-0.2, -0.15) is 18.3 Å². The van der Waals surface area contributed by atoms with Crippen LogP contribution in [0, 0.1) is 10.1 Å². The van der Waals surface area contributed by atoms with Crippen molar-refractivity contribution < 1.29 is 23.2 Å². The van der Waals surface area contributed by atoms with Gasteiger partial charge in [-0.25, -0.2) is 0 Å². The summed E-state index contributed by atoms with van der Waals surface area (Å²) in [5.41, 5.74) is 1.78. The third kappa shape index (κ3) is 5.74. The van der Waals surface area contributed by atoms with E-state index in [0.717, 1.165) is 12.1 Å². The van der Waals surface area contributed by atoms with Crippen molar-refractivity contribution in [1.29, 1.82) is 0 Å². The molecule has 0 amide bonds. The van der Waals surface area contributed by atoms with E-state index in [4.69, 9.17) is 0 Å². The normalized spacial score (nSPS) is 12.9. The van der Waals surface area contributed by atoms with E-state index < -0.39 is 22.4 Å². The average Bonchev–Trinajstić information content (AvgIpc) is 2.60. The topological polar surface area (TPSA) is 87.8 Å². The summed E-state index contributed by atoms with van der Waals surface area (Å²) in [5.74, 6) is 0.198. The Hall–Kier alpha value is -3.10. The summed E-state index contributed by atoms with van der Waals surface area (Å²) >= 11 is 0. The van der Waals surface area contributed by atoms with Crippen molar-refractivity contribution in [3.63, 3.8) is 0 Å². The lowest BCUT2D eigenvalue weighted by Gasteiger charge is -2.27. The van der Waals surface area contributed by atoms with E-state index >= 15 is 0 Å². The molecule has 0 saturated carbocycles. The van der Waals surface area contributed by atoms with Crippen molar-refractivity contribution >= 4 is 17.6 Å². The number of aromatic hydroxyl groups is 1. The van der Waals surface area contributed by atoms with Gasteiger partial charge in [0.1, 0.15) is 11.4 Å². The molecular weight excluding hydrogens is 411 g/mol. The molecule has 0 aliphatic rings. The van der Waals surface area contributed by atoms with Crippen LogP contribution in [0.3, 0.4) is 0 Å². The number of alkyl halides is 3. The first-order valence-electron chi connectivity index (χ1n) is 9.54. The molecule has 2 N–H and O–H groups in total. The van der Waals surface area contributed by atoms with Crippen LogP contribution in [0.2, 0.25) is 0 Å². The summed E-state index contributed by atoms with van der Waals surface area (Å²) in [4.78, 5) is 10.3. The summed E-state index contributed by atoms with van der Waals surface area (Å²) in [6.45, 7) is 11.7. The number of hydrogen-bond acceptors (Lipinski definition) is 5. The van der Waals surface area contributed by atoms with Crippen LogP contribution in [0.25, 0.3) is 0 Å². The zero-order chi connectivity index (χ0) is 23.8.